The van der Waals surface area contributed by atoms with Gasteiger partial charge in [-0.05, 0) is 61.4 Å². The highest BCUT2D eigenvalue weighted by molar-refractivity contribution is 6.04. The molecule has 2 aromatic carbocycles. The molecule has 0 bridgehead atoms. The van der Waals surface area contributed by atoms with Crippen molar-refractivity contribution < 1.29 is 19.7 Å². The molecule has 0 radical (unpaired) electrons. The van der Waals surface area contributed by atoms with Crippen LogP contribution in [-0.4, -0.2) is 33.2 Å². The lowest BCUT2D eigenvalue weighted by Crippen LogP contribution is -2.13. The minimum absolute atomic E-state index is 0.114. The minimum Gasteiger partial charge on any atom is -0.493 e. The Balaban J connectivity index is 1.49. The van der Waals surface area contributed by atoms with Gasteiger partial charge in [-0.25, -0.2) is 10.2 Å². The van der Waals surface area contributed by atoms with Crippen molar-refractivity contribution in [2.75, 3.05) is 17.7 Å². The van der Waals surface area contributed by atoms with E-state index >= 15 is 0 Å². The number of benzene rings is 2. The maximum absolute atomic E-state index is 12.6. The van der Waals surface area contributed by atoms with E-state index in [0.29, 0.717) is 28.5 Å². The molecule has 0 aliphatic carbocycles. The summed E-state index contributed by atoms with van der Waals surface area (Å²) in [5.74, 6) is 0.943. The predicted octanol–water partition coefficient (Wildman–Crippen LogP) is 5.13. The Hall–Kier alpha value is -4.50. The summed E-state index contributed by atoms with van der Waals surface area (Å²) in [5.41, 5.74) is 4.44. The van der Waals surface area contributed by atoms with Crippen LogP contribution in [0, 0.1) is 6.92 Å². The predicted molar refractivity (Wildman–Crippen MR) is 133 cm³/mol. The van der Waals surface area contributed by atoms with Crippen LogP contribution in [0.15, 0.2) is 73.3 Å². The number of amides is 1. The average Bonchev–Trinajstić information content (AvgIpc) is 2.88. The summed E-state index contributed by atoms with van der Waals surface area (Å²) in [7, 11) is 1.49. The van der Waals surface area contributed by atoms with Crippen LogP contribution < -0.4 is 20.3 Å². The largest absolute Gasteiger partial charge is 0.493 e. The smallest absolute Gasteiger partial charge is 0.257 e. The third-order valence-electron chi connectivity index (χ3n) is 5.34. The molecule has 35 heavy (non-hydrogen) atoms. The van der Waals surface area contributed by atoms with Crippen LogP contribution in [0.4, 0.5) is 11.5 Å². The molecule has 2 aromatic heterocycles. The second-order valence-electron chi connectivity index (χ2n) is 7.94. The van der Waals surface area contributed by atoms with Gasteiger partial charge >= 0.3 is 0 Å². The third kappa shape index (κ3) is 5.71. The Labute approximate surface area is 202 Å². The topological polar surface area (TPSA) is 118 Å². The number of aromatic nitrogens is 3. The van der Waals surface area contributed by atoms with E-state index in [0.717, 1.165) is 16.7 Å². The second kappa shape index (κ2) is 10.6. The molecule has 0 fully saturated rings. The van der Waals surface area contributed by atoms with Gasteiger partial charge < -0.3 is 20.3 Å². The summed E-state index contributed by atoms with van der Waals surface area (Å²) in [6.07, 6.45) is 6.53. The number of carbonyl (C=O) groups is 1. The summed E-state index contributed by atoms with van der Waals surface area (Å²) >= 11 is 0. The molecule has 3 N–H and O–H groups in total. The Morgan fingerprint density at radius 1 is 1.00 bits per heavy atom. The quantitative estimate of drug-likeness (QED) is 0.239. The molecule has 0 spiro atoms. The summed E-state index contributed by atoms with van der Waals surface area (Å²) in [5, 5.41) is 15.2. The van der Waals surface area contributed by atoms with Crippen LogP contribution in [0.1, 0.15) is 34.5 Å². The van der Waals surface area contributed by atoms with Crippen molar-refractivity contribution in [2.24, 2.45) is 0 Å². The van der Waals surface area contributed by atoms with E-state index in [-0.39, 0.29) is 17.7 Å². The van der Waals surface area contributed by atoms with Crippen molar-refractivity contribution in [3.05, 3.63) is 90.0 Å². The first-order valence-corrected chi connectivity index (χ1v) is 10.9. The molecule has 4 rings (SSSR count). The van der Waals surface area contributed by atoms with Crippen LogP contribution in [0.25, 0.3) is 11.3 Å². The SMILES string of the molecule is COc1cc(-c2cncc(N[C@@H](C)c3cccc(NC(=O)c4cncc(C)c4)c3)n2)ccc1OO. The van der Waals surface area contributed by atoms with E-state index in [1.165, 1.54) is 7.11 Å². The fourth-order valence-electron chi connectivity index (χ4n) is 3.55. The van der Waals surface area contributed by atoms with Crippen LogP contribution in [0.5, 0.6) is 11.5 Å². The van der Waals surface area contributed by atoms with Gasteiger partial charge in [0.05, 0.1) is 36.8 Å². The number of methoxy groups -OCH3 is 1. The highest BCUT2D eigenvalue weighted by Gasteiger charge is 2.12. The molecule has 9 nitrogen and oxygen atoms in total. The summed E-state index contributed by atoms with van der Waals surface area (Å²) in [6.45, 7) is 3.89. The van der Waals surface area contributed by atoms with Crippen molar-refractivity contribution in [2.45, 2.75) is 19.9 Å². The van der Waals surface area contributed by atoms with Gasteiger partial charge in [0.1, 0.15) is 5.82 Å². The van der Waals surface area contributed by atoms with Crippen molar-refractivity contribution >= 4 is 17.4 Å². The highest BCUT2D eigenvalue weighted by atomic mass is 17.1. The molecule has 0 saturated heterocycles. The second-order valence-corrected chi connectivity index (χ2v) is 7.94. The fraction of sp³-hybridized carbons (Fsp3) is 0.154. The van der Waals surface area contributed by atoms with Crippen molar-refractivity contribution in [3.63, 3.8) is 0 Å². The van der Waals surface area contributed by atoms with E-state index in [2.05, 4.69) is 30.5 Å². The molecule has 2 heterocycles. The molecular weight excluding hydrogens is 446 g/mol. The molecule has 1 amide bonds. The lowest BCUT2D eigenvalue weighted by atomic mass is 10.1. The summed E-state index contributed by atoms with van der Waals surface area (Å²) in [4.78, 5) is 29.9. The van der Waals surface area contributed by atoms with Gasteiger partial charge in [-0.1, -0.05) is 12.1 Å². The van der Waals surface area contributed by atoms with Gasteiger partial charge in [-0.3, -0.25) is 14.8 Å². The van der Waals surface area contributed by atoms with E-state index in [9.17, 15) is 4.79 Å². The zero-order valence-electron chi connectivity index (χ0n) is 19.5. The van der Waals surface area contributed by atoms with Gasteiger partial charge in [0.15, 0.2) is 5.75 Å². The first-order chi connectivity index (χ1) is 17.0. The summed E-state index contributed by atoms with van der Waals surface area (Å²) < 4.78 is 5.24. The number of nitrogens with zero attached hydrogens (tertiary/aromatic N) is 3. The minimum atomic E-state index is -0.217. The van der Waals surface area contributed by atoms with Gasteiger partial charge in [0, 0.05) is 23.6 Å². The number of aryl methyl sites for hydroxylation is 1. The molecule has 4 aromatic rings. The van der Waals surface area contributed by atoms with Crippen LogP contribution >= 0.6 is 0 Å². The lowest BCUT2D eigenvalue weighted by molar-refractivity contribution is -0.139. The van der Waals surface area contributed by atoms with E-state index < -0.39 is 0 Å². The molecule has 9 heteroatoms. The molecule has 0 aliphatic heterocycles. The van der Waals surface area contributed by atoms with Gasteiger partial charge in [-0.15, -0.1) is 0 Å². The number of carbonyl (C=O) groups excluding carboxylic acids is 1. The number of pyridine rings is 1. The molecule has 1 atom stereocenters. The maximum atomic E-state index is 12.6. The zero-order valence-corrected chi connectivity index (χ0v) is 19.5. The molecule has 0 saturated carbocycles. The Morgan fingerprint density at radius 3 is 2.60 bits per heavy atom. The van der Waals surface area contributed by atoms with E-state index in [1.54, 1.807) is 49.1 Å². The summed E-state index contributed by atoms with van der Waals surface area (Å²) in [6, 6.07) is 14.3. The highest BCUT2D eigenvalue weighted by Crippen LogP contribution is 2.32. The van der Waals surface area contributed by atoms with Gasteiger partial charge in [0.2, 0.25) is 5.75 Å². The zero-order chi connectivity index (χ0) is 24.8. The lowest BCUT2D eigenvalue weighted by Gasteiger charge is -2.17. The Morgan fingerprint density at radius 2 is 1.83 bits per heavy atom. The Kier molecular flexibility index (Phi) is 7.18. The molecular formula is C26H25N5O4. The monoisotopic (exact) mass is 471 g/mol. The number of nitrogens with one attached hydrogen (secondary N) is 2. The first-order valence-electron chi connectivity index (χ1n) is 10.9. The number of anilines is 2. The molecule has 178 valence electrons. The van der Waals surface area contributed by atoms with Crippen molar-refractivity contribution in [3.8, 4) is 22.8 Å². The van der Waals surface area contributed by atoms with Crippen LogP contribution in [0.2, 0.25) is 0 Å². The van der Waals surface area contributed by atoms with Crippen LogP contribution in [0.3, 0.4) is 0 Å². The van der Waals surface area contributed by atoms with E-state index in [4.69, 9.17) is 9.99 Å². The number of hydrogen-bond donors (Lipinski definition) is 3. The van der Waals surface area contributed by atoms with Crippen LogP contribution in [-0.2, 0) is 0 Å². The first kappa shape index (κ1) is 23.7. The molecule has 0 unspecified atom stereocenters. The normalized spacial score (nSPS) is 11.4. The van der Waals surface area contributed by atoms with Gasteiger partial charge in [0.25, 0.3) is 5.91 Å². The number of ether oxygens (including phenoxy) is 1. The molecule has 0 aliphatic rings. The number of hydrogen-bond acceptors (Lipinski definition) is 8. The van der Waals surface area contributed by atoms with Crippen molar-refractivity contribution in [1.29, 1.82) is 0 Å². The van der Waals surface area contributed by atoms with Crippen molar-refractivity contribution in [1.82, 2.24) is 15.0 Å². The average molecular weight is 472 g/mol. The fourth-order valence-corrected chi connectivity index (χ4v) is 3.55. The van der Waals surface area contributed by atoms with E-state index in [1.807, 2.05) is 38.1 Å². The Bertz CT molecular complexity index is 1340. The third-order valence-corrected chi connectivity index (χ3v) is 5.34. The standard InChI is InChI=1S/C26H25N5O4/c1-16-9-20(13-27-12-16)26(32)30-21-6-4-5-18(10-21)17(2)29-25-15-28-14-22(31-25)19-7-8-23(35-33)24(11-19)34-3/h4-15,17,33H,1-3H3,(H,29,31)(H,30,32)/t17-/m0/s1. The number of rotatable bonds is 8. The van der Waals surface area contributed by atoms with Gasteiger partial charge in [-0.2, -0.15) is 0 Å². The maximum Gasteiger partial charge on any atom is 0.257 e.